The van der Waals surface area contributed by atoms with Gasteiger partial charge in [0.05, 0.1) is 18.2 Å². The Hall–Kier alpha value is -2.44. The molecule has 0 saturated carbocycles. The third-order valence-corrected chi connectivity index (χ3v) is 6.12. The van der Waals surface area contributed by atoms with Gasteiger partial charge in [-0.25, -0.2) is 0 Å². The minimum absolute atomic E-state index is 0.0133. The van der Waals surface area contributed by atoms with Crippen molar-refractivity contribution in [2.75, 3.05) is 33.4 Å². The van der Waals surface area contributed by atoms with Gasteiger partial charge in [-0.05, 0) is 56.0 Å². The van der Waals surface area contributed by atoms with Gasteiger partial charge in [0, 0.05) is 45.7 Å². The van der Waals surface area contributed by atoms with Crippen molar-refractivity contribution in [3.8, 4) is 5.75 Å². The molecule has 0 bridgehead atoms. The van der Waals surface area contributed by atoms with E-state index in [1.54, 1.807) is 0 Å². The zero-order valence-corrected chi connectivity index (χ0v) is 17.9. The van der Waals surface area contributed by atoms with E-state index < -0.39 is 0 Å². The van der Waals surface area contributed by atoms with Gasteiger partial charge in [0.15, 0.2) is 0 Å². The highest BCUT2D eigenvalue weighted by atomic mass is 16.5. The van der Waals surface area contributed by atoms with Gasteiger partial charge in [0.2, 0.25) is 0 Å². The number of carbonyl (C=O) groups is 1. The number of likely N-dealkylation sites (tertiary alicyclic amines) is 1. The summed E-state index contributed by atoms with van der Waals surface area (Å²) in [6.07, 6.45) is 6.62. The number of hydrogen-bond acceptors (Lipinski definition) is 5. The van der Waals surface area contributed by atoms with E-state index >= 15 is 0 Å². The van der Waals surface area contributed by atoms with Crippen molar-refractivity contribution in [1.29, 1.82) is 0 Å². The zero-order chi connectivity index (χ0) is 20.9. The highest BCUT2D eigenvalue weighted by Crippen LogP contribution is 2.27. The van der Waals surface area contributed by atoms with Crippen LogP contribution in [0.25, 0.3) is 0 Å². The molecular formula is C24H31N3O3. The number of ether oxygens (including phenoxy) is 2. The molecule has 3 heterocycles. The molecule has 1 aromatic carbocycles. The lowest BCUT2D eigenvalue weighted by Gasteiger charge is -2.33. The maximum atomic E-state index is 13.2. The van der Waals surface area contributed by atoms with Crippen LogP contribution in [0.15, 0.2) is 42.7 Å². The third kappa shape index (κ3) is 4.99. The van der Waals surface area contributed by atoms with E-state index in [4.69, 9.17) is 9.47 Å². The van der Waals surface area contributed by atoms with Crippen molar-refractivity contribution < 1.29 is 14.3 Å². The minimum Gasteiger partial charge on any atom is -0.489 e. The molecule has 2 saturated heterocycles. The summed E-state index contributed by atoms with van der Waals surface area (Å²) in [5.74, 6) is 0.711. The Morgan fingerprint density at radius 3 is 2.67 bits per heavy atom. The number of piperidine rings is 1. The van der Waals surface area contributed by atoms with Gasteiger partial charge in [-0.15, -0.1) is 0 Å². The van der Waals surface area contributed by atoms with Crippen LogP contribution in [0.1, 0.15) is 40.7 Å². The first kappa shape index (κ1) is 20.8. The second-order valence-electron chi connectivity index (χ2n) is 8.38. The van der Waals surface area contributed by atoms with E-state index in [1.807, 2.05) is 49.5 Å². The van der Waals surface area contributed by atoms with Gasteiger partial charge < -0.3 is 14.4 Å². The Morgan fingerprint density at radius 1 is 1.20 bits per heavy atom. The van der Waals surface area contributed by atoms with Gasteiger partial charge in [-0.2, -0.15) is 0 Å². The summed E-state index contributed by atoms with van der Waals surface area (Å²) in [6, 6.07) is 10.2. The summed E-state index contributed by atoms with van der Waals surface area (Å²) in [7, 11) is 1.87. The molecular weight excluding hydrogens is 378 g/mol. The van der Waals surface area contributed by atoms with E-state index in [0.717, 1.165) is 51.1 Å². The Labute approximate surface area is 178 Å². The second-order valence-corrected chi connectivity index (χ2v) is 8.38. The predicted molar refractivity (Wildman–Crippen MR) is 116 cm³/mol. The molecule has 2 aliphatic rings. The summed E-state index contributed by atoms with van der Waals surface area (Å²) < 4.78 is 11.8. The van der Waals surface area contributed by atoms with Crippen molar-refractivity contribution in [2.45, 2.75) is 44.9 Å². The average molecular weight is 410 g/mol. The number of nitrogens with zero attached hydrogens (tertiary/aromatic N) is 3. The van der Waals surface area contributed by atoms with Crippen molar-refractivity contribution >= 4 is 5.91 Å². The predicted octanol–water partition coefficient (Wildman–Crippen LogP) is 3.29. The van der Waals surface area contributed by atoms with Crippen LogP contribution in [-0.2, 0) is 11.3 Å². The van der Waals surface area contributed by atoms with Crippen LogP contribution in [0.5, 0.6) is 5.75 Å². The minimum atomic E-state index is 0.0133. The topological polar surface area (TPSA) is 54.9 Å². The van der Waals surface area contributed by atoms with Crippen LogP contribution in [0, 0.1) is 6.92 Å². The number of carbonyl (C=O) groups excluding carboxylic acids is 1. The molecule has 1 aromatic heterocycles. The molecule has 1 unspecified atom stereocenters. The van der Waals surface area contributed by atoms with Crippen LogP contribution >= 0.6 is 0 Å². The first-order valence-corrected chi connectivity index (χ1v) is 10.8. The molecule has 30 heavy (non-hydrogen) atoms. The smallest absolute Gasteiger partial charge is 0.257 e. The highest BCUT2D eigenvalue weighted by Gasteiger charge is 2.28. The maximum absolute atomic E-state index is 13.2. The van der Waals surface area contributed by atoms with Crippen LogP contribution in [0.4, 0.5) is 0 Å². The summed E-state index contributed by atoms with van der Waals surface area (Å²) >= 11 is 0. The number of hydrogen-bond donors (Lipinski definition) is 0. The summed E-state index contributed by atoms with van der Waals surface area (Å²) in [5.41, 5.74) is 3.01. The van der Waals surface area contributed by atoms with E-state index in [1.165, 1.54) is 5.56 Å². The van der Waals surface area contributed by atoms with Crippen molar-refractivity contribution in [1.82, 2.24) is 14.8 Å². The Balaban J connectivity index is 1.38. The van der Waals surface area contributed by atoms with Crippen molar-refractivity contribution in [3.63, 3.8) is 0 Å². The van der Waals surface area contributed by atoms with E-state index in [9.17, 15) is 4.79 Å². The molecule has 4 rings (SSSR count). The number of rotatable bonds is 6. The molecule has 2 fully saturated rings. The number of likely N-dealkylation sites (N-methyl/N-ethyl adjacent to an activating group) is 1. The SMILES string of the molecule is Cc1ccc(OC2CCN(Cc3ccncc3)CC2)c(C(=O)N(C)C2CCOC2)c1. The molecule has 6 heteroatoms. The monoisotopic (exact) mass is 409 g/mol. The lowest BCUT2D eigenvalue weighted by Crippen LogP contribution is -2.39. The number of amides is 1. The Bertz CT molecular complexity index is 844. The van der Waals surface area contributed by atoms with Crippen LogP contribution < -0.4 is 4.74 Å². The first-order valence-electron chi connectivity index (χ1n) is 10.8. The quantitative estimate of drug-likeness (QED) is 0.733. The van der Waals surface area contributed by atoms with Gasteiger partial charge >= 0.3 is 0 Å². The molecule has 160 valence electrons. The fraction of sp³-hybridized carbons (Fsp3) is 0.500. The Morgan fingerprint density at radius 2 is 1.97 bits per heavy atom. The fourth-order valence-electron chi connectivity index (χ4n) is 4.21. The lowest BCUT2D eigenvalue weighted by molar-refractivity contribution is 0.0690. The zero-order valence-electron chi connectivity index (χ0n) is 17.9. The number of benzene rings is 1. The first-order chi connectivity index (χ1) is 14.6. The molecule has 0 aliphatic carbocycles. The number of pyridine rings is 1. The van der Waals surface area contributed by atoms with Gasteiger partial charge in [-0.3, -0.25) is 14.7 Å². The van der Waals surface area contributed by atoms with Gasteiger partial charge in [-0.1, -0.05) is 11.6 Å². The fourth-order valence-corrected chi connectivity index (χ4v) is 4.21. The largest absolute Gasteiger partial charge is 0.489 e. The number of aromatic nitrogens is 1. The Kier molecular flexibility index (Phi) is 6.65. The molecule has 0 spiro atoms. The number of aryl methyl sites for hydroxylation is 1. The van der Waals surface area contributed by atoms with Crippen molar-refractivity contribution in [3.05, 3.63) is 59.4 Å². The molecule has 6 nitrogen and oxygen atoms in total. The standard InChI is InChI=1S/C24H31N3O3/c1-18-3-4-23(22(15-18)24(28)26(2)20-9-14-29-17-20)30-21-7-12-27(13-8-21)16-19-5-10-25-11-6-19/h3-6,10-11,15,20-21H,7-9,12-14,16-17H2,1-2H3. The van der Waals surface area contributed by atoms with Crippen LogP contribution in [-0.4, -0.2) is 66.2 Å². The summed E-state index contributed by atoms with van der Waals surface area (Å²) in [4.78, 5) is 21.5. The molecule has 0 N–H and O–H groups in total. The van der Waals surface area contributed by atoms with E-state index in [2.05, 4.69) is 22.0 Å². The second kappa shape index (κ2) is 9.58. The molecule has 2 aromatic rings. The van der Waals surface area contributed by atoms with Crippen LogP contribution in [0.3, 0.4) is 0 Å². The summed E-state index contributed by atoms with van der Waals surface area (Å²) in [6.45, 7) is 6.26. The lowest BCUT2D eigenvalue weighted by atomic mass is 10.1. The average Bonchev–Trinajstić information content (AvgIpc) is 3.31. The van der Waals surface area contributed by atoms with Crippen molar-refractivity contribution in [2.24, 2.45) is 0 Å². The molecule has 2 aliphatic heterocycles. The molecule has 0 radical (unpaired) electrons. The molecule has 1 atom stereocenters. The summed E-state index contributed by atoms with van der Waals surface area (Å²) in [5, 5.41) is 0. The maximum Gasteiger partial charge on any atom is 0.257 e. The highest BCUT2D eigenvalue weighted by molar-refractivity contribution is 5.97. The molecule has 1 amide bonds. The van der Waals surface area contributed by atoms with E-state index in [0.29, 0.717) is 17.9 Å². The third-order valence-electron chi connectivity index (χ3n) is 6.12. The normalized spacial score (nSPS) is 20.3. The van der Waals surface area contributed by atoms with E-state index in [-0.39, 0.29) is 18.1 Å². The van der Waals surface area contributed by atoms with Crippen LogP contribution in [0.2, 0.25) is 0 Å². The van der Waals surface area contributed by atoms with Gasteiger partial charge in [0.25, 0.3) is 5.91 Å². The van der Waals surface area contributed by atoms with Gasteiger partial charge in [0.1, 0.15) is 11.9 Å².